The van der Waals surface area contributed by atoms with E-state index in [2.05, 4.69) is 0 Å². The van der Waals surface area contributed by atoms with E-state index in [9.17, 15) is 18.0 Å². The maximum atomic E-state index is 12.0. The molecule has 0 spiro atoms. The van der Waals surface area contributed by atoms with Crippen LogP contribution in [0.15, 0.2) is 10.9 Å². The Hall–Kier alpha value is -1.17. The lowest BCUT2D eigenvalue weighted by Gasteiger charge is -2.06. The zero-order chi connectivity index (χ0) is 10.2. The number of hydrogen-bond acceptors (Lipinski definition) is 2. The van der Waals surface area contributed by atoms with Gasteiger partial charge in [0.05, 0.1) is 0 Å². The highest BCUT2D eigenvalue weighted by Gasteiger charge is 2.32. The number of aromatic nitrogens is 1. The molecule has 0 saturated heterocycles. The van der Waals surface area contributed by atoms with Crippen LogP contribution in [0.25, 0.3) is 0 Å². The molecule has 0 aromatic carbocycles. The molecule has 1 aromatic heterocycles. The van der Waals surface area contributed by atoms with E-state index in [4.69, 9.17) is 16.7 Å². The average molecular weight is 214 g/mol. The van der Waals surface area contributed by atoms with Gasteiger partial charge >= 0.3 is 6.18 Å². The SMILES string of the molecule is O=c1[nH]c(C(F)(F)F)cc(O)c1Cl. The van der Waals surface area contributed by atoms with Crippen molar-refractivity contribution in [3.63, 3.8) is 0 Å². The quantitative estimate of drug-likeness (QED) is 0.690. The van der Waals surface area contributed by atoms with E-state index in [1.807, 2.05) is 0 Å². The summed E-state index contributed by atoms with van der Waals surface area (Å²) in [7, 11) is 0. The van der Waals surface area contributed by atoms with Crippen LogP contribution in [0, 0.1) is 0 Å². The first-order valence-corrected chi connectivity index (χ1v) is 3.39. The van der Waals surface area contributed by atoms with Crippen LogP contribution in [0.4, 0.5) is 13.2 Å². The summed E-state index contributed by atoms with van der Waals surface area (Å²) in [6.07, 6.45) is -4.71. The Morgan fingerprint density at radius 2 is 2.00 bits per heavy atom. The summed E-state index contributed by atoms with van der Waals surface area (Å²) in [4.78, 5) is 12.1. The molecule has 1 rings (SSSR count). The van der Waals surface area contributed by atoms with Gasteiger partial charge in [-0.25, -0.2) is 0 Å². The minimum Gasteiger partial charge on any atom is -0.506 e. The summed E-state index contributed by atoms with van der Waals surface area (Å²) in [5.74, 6) is -0.891. The number of rotatable bonds is 0. The molecule has 0 amide bonds. The largest absolute Gasteiger partial charge is 0.506 e. The van der Waals surface area contributed by atoms with Crippen molar-refractivity contribution < 1.29 is 18.3 Å². The maximum absolute atomic E-state index is 12.0. The van der Waals surface area contributed by atoms with Gasteiger partial charge < -0.3 is 10.1 Å². The monoisotopic (exact) mass is 213 g/mol. The highest BCUT2D eigenvalue weighted by Crippen LogP contribution is 2.30. The van der Waals surface area contributed by atoms with E-state index >= 15 is 0 Å². The number of halogens is 4. The van der Waals surface area contributed by atoms with Crippen molar-refractivity contribution in [1.29, 1.82) is 0 Å². The highest BCUT2D eigenvalue weighted by molar-refractivity contribution is 6.31. The number of aromatic amines is 1. The molecular weight excluding hydrogens is 211 g/mol. The fourth-order valence-electron chi connectivity index (χ4n) is 0.682. The summed E-state index contributed by atoms with van der Waals surface area (Å²) in [6.45, 7) is 0. The second kappa shape index (κ2) is 2.95. The summed E-state index contributed by atoms with van der Waals surface area (Å²) in [6, 6.07) is 0.351. The van der Waals surface area contributed by atoms with Crippen LogP contribution in [-0.4, -0.2) is 10.1 Å². The number of nitrogens with one attached hydrogen (secondary N) is 1. The Morgan fingerprint density at radius 3 is 2.38 bits per heavy atom. The Balaban J connectivity index is 3.38. The molecule has 2 N–H and O–H groups in total. The van der Waals surface area contributed by atoms with Gasteiger partial charge in [0.25, 0.3) is 5.56 Å². The molecule has 0 aliphatic rings. The van der Waals surface area contributed by atoms with Crippen molar-refractivity contribution in [2.24, 2.45) is 0 Å². The fraction of sp³-hybridized carbons (Fsp3) is 0.167. The van der Waals surface area contributed by atoms with Gasteiger partial charge in [-0.3, -0.25) is 4.79 Å². The van der Waals surface area contributed by atoms with Gasteiger partial charge in [0.2, 0.25) is 0 Å². The van der Waals surface area contributed by atoms with Gasteiger partial charge in [0.15, 0.2) is 0 Å². The van der Waals surface area contributed by atoms with E-state index in [-0.39, 0.29) is 0 Å². The van der Waals surface area contributed by atoms with Crippen molar-refractivity contribution in [3.05, 3.63) is 27.1 Å². The zero-order valence-electron chi connectivity index (χ0n) is 5.94. The number of H-pyrrole nitrogens is 1. The second-order valence-corrected chi connectivity index (χ2v) is 2.59. The standard InChI is InChI=1S/C6H3ClF3NO2/c7-4-2(12)1-3(6(8,9)10)11-5(4)13/h1H,(H2,11,12,13). The molecule has 1 heterocycles. The molecule has 0 radical (unpaired) electrons. The van der Waals surface area contributed by atoms with Crippen LogP contribution in [0.2, 0.25) is 5.02 Å². The highest BCUT2D eigenvalue weighted by atomic mass is 35.5. The van der Waals surface area contributed by atoms with Crippen LogP contribution in [-0.2, 0) is 6.18 Å². The molecule has 13 heavy (non-hydrogen) atoms. The number of alkyl halides is 3. The van der Waals surface area contributed by atoms with Crippen molar-refractivity contribution in [2.75, 3.05) is 0 Å². The number of aromatic hydroxyl groups is 1. The predicted molar refractivity (Wildman–Crippen MR) is 38.7 cm³/mol. The van der Waals surface area contributed by atoms with Crippen LogP contribution in [0.3, 0.4) is 0 Å². The summed E-state index contributed by atoms with van der Waals surface area (Å²) < 4.78 is 35.9. The van der Waals surface area contributed by atoms with Gasteiger partial charge in [-0.2, -0.15) is 13.2 Å². The molecule has 0 bridgehead atoms. The molecule has 0 aliphatic heterocycles. The smallest absolute Gasteiger partial charge is 0.431 e. The van der Waals surface area contributed by atoms with E-state index in [0.717, 1.165) is 0 Å². The Kier molecular flexibility index (Phi) is 2.25. The van der Waals surface area contributed by atoms with Gasteiger partial charge in [0.1, 0.15) is 16.5 Å². The molecule has 0 aliphatic carbocycles. The molecule has 1 aromatic rings. The molecule has 0 atom stereocenters. The lowest BCUT2D eigenvalue weighted by molar-refractivity contribution is -0.141. The predicted octanol–water partition coefficient (Wildman–Crippen LogP) is 1.75. The molecule has 0 unspecified atom stereocenters. The number of pyridine rings is 1. The second-order valence-electron chi connectivity index (χ2n) is 2.21. The molecule has 0 saturated carbocycles. The molecule has 72 valence electrons. The summed E-state index contributed by atoms with van der Waals surface area (Å²) >= 11 is 5.14. The van der Waals surface area contributed by atoms with Crippen molar-refractivity contribution in [3.8, 4) is 5.75 Å². The summed E-state index contributed by atoms with van der Waals surface area (Å²) in [5.41, 5.74) is -2.51. The van der Waals surface area contributed by atoms with E-state index < -0.39 is 28.2 Å². The van der Waals surface area contributed by atoms with Crippen molar-refractivity contribution >= 4 is 11.6 Å². The zero-order valence-corrected chi connectivity index (χ0v) is 6.70. The van der Waals surface area contributed by atoms with Crippen LogP contribution >= 0.6 is 11.6 Å². The minimum atomic E-state index is -4.71. The average Bonchev–Trinajstić information content (AvgIpc) is 1.97. The van der Waals surface area contributed by atoms with Gasteiger partial charge in [-0.05, 0) is 0 Å². The lowest BCUT2D eigenvalue weighted by Crippen LogP contribution is -2.16. The molecular formula is C6H3ClF3NO2. The van der Waals surface area contributed by atoms with Gasteiger partial charge in [0, 0.05) is 6.07 Å². The topological polar surface area (TPSA) is 53.1 Å². The van der Waals surface area contributed by atoms with Crippen molar-refractivity contribution in [1.82, 2.24) is 4.98 Å². The third-order valence-electron chi connectivity index (χ3n) is 1.26. The first-order valence-electron chi connectivity index (χ1n) is 3.01. The Labute approximate surface area is 74.8 Å². The Morgan fingerprint density at radius 1 is 1.46 bits per heavy atom. The third kappa shape index (κ3) is 1.95. The fourth-order valence-corrected chi connectivity index (χ4v) is 0.784. The molecule has 3 nitrogen and oxygen atoms in total. The van der Waals surface area contributed by atoms with Gasteiger partial charge in [-0.1, -0.05) is 11.6 Å². The van der Waals surface area contributed by atoms with Crippen LogP contribution in [0.5, 0.6) is 5.75 Å². The van der Waals surface area contributed by atoms with Gasteiger partial charge in [-0.15, -0.1) is 0 Å². The van der Waals surface area contributed by atoms with Crippen molar-refractivity contribution in [2.45, 2.75) is 6.18 Å². The first kappa shape index (κ1) is 9.91. The van der Waals surface area contributed by atoms with E-state index in [1.165, 1.54) is 4.98 Å². The Bertz CT molecular complexity index is 384. The molecule has 7 heteroatoms. The van der Waals surface area contributed by atoms with E-state index in [0.29, 0.717) is 6.07 Å². The van der Waals surface area contributed by atoms with Crippen LogP contribution in [0.1, 0.15) is 5.69 Å². The normalized spacial score (nSPS) is 11.7. The minimum absolute atomic E-state index is 0.351. The third-order valence-corrected chi connectivity index (χ3v) is 1.62. The lowest BCUT2D eigenvalue weighted by atomic mass is 10.3. The summed E-state index contributed by atoms with van der Waals surface area (Å²) in [5, 5.41) is 8.13. The van der Waals surface area contributed by atoms with Crippen LogP contribution < -0.4 is 5.56 Å². The maximum Gasteiger partial charge on any atom is 0.431 e. The first-order chi connectivity index (χ1) is 5.82. The molecule has 0 fully saturated rings. The van der Waals surface area contributed by atoms with E-state index in [1.54, 1.807) is 0 Å². The number of hydrogen-bond donors (Lipinski definition) is 2.